The van der Waals surface area contributed by atoms with Gasteiger partial charge in [0.2, 0.25) is 5.91 Å². The smallest absolute Gasteiger partial charge is 0.246 e. The fourth-order valence-corrected chi connectivity index (χ4v) is 1.37. The fraction of sp³-hybridized carbons (Fsp3) is 0.833. The first-order chi connectivity index (χ1) is 8.60. The van der Waals surface area contributed by atoms with E-state index < -0.39 is 6.04 Å². The molecule has 0 spiro atoms. The summed E-state index contributed by atoms with van der Waals surface area (Å²) in [4.78, 5) is 22.2. The molecular weight excluding hydrogens is 236 g/mol. The van der Waals surface area contributed by atoms with E-state index in [0.717, 1.165) is 6.29 Å². The lowest BCUT2D eigenvalue weighted by Gasteiger charge is -2.14. The van der Waals surface area contributed by atoms with Crippen molar-refractivity contribution < 1.29 is 19.1 Å². The molecule has 1 amide bonds. The second-order valence-corrected chi connectivity index (χ2v) is 4.39. The molecule has 0 rings (SSSR count). The van der Waals surface area contributed by atoms with E-state index in [2.05, 4.69) is 5.32 Å². The molecule has 0 aliphatic rings. The Morgan fingerprint density at radius 3 is 2.50 bits per heavy atom. The Morgan fingerprint density at radius 2 is 1.94 bits per heavy atom. The van der Waals surface area contributed by atoms with Gasteiger partial charge in [-0.15, -0.1) is 0 Å². The number of nitrogens with one attached hydrogen (secondary N) is 1. The molecule has 0 saturated carbocycles. The highest BCUT2D eigenvalue weighted by Crippen LogP contribution is 2.02. The summed E-state index contributed by atoms with van der Waals surface area (Å²) < 4.78 is 10.2. The molecule has 0 aromatic rings. The lowest BCUT2D eigenvalue weighted by molar-refractivity contribution is -0.128. The zero-order chi connectivity index (χ0) is 13.8. The molecule has 0 aliphatic carbocycles. The molecule has 0 saturated heterocycles. The van der Waals surface area contributed by atoms with Crippen LogP contribution in [0.1, 0.15) is 20.3 Å². The third-order valence-corrected chi connectivity index (χ3v) is 2.10. The van der Waals surface area contributed by atoms with Crippen molar-refractivity contribution in [1.82, 2.24) is 5.32 Å². The molecule has 6 nitrogen and oxygen atoms in total. The van der Waals surface area contributed by atoms with Crippen LogP contribution in [0.25, 0.3) is 0 Å². The van der Waals surface area contributed by atoms with Crippen molar-refractivity contribution in [2.75, 3.05) is 33.0 Å². The summed E-state index contributed by atoms with van der Waals surface area (Å²) in [5.74, 6) is 0.0673. The largest absolute Gasteiger partial charge is 0.378 e. The zero-order valence-electron chi connectivity index (χ0n) is 11.2. The fourth-order valence-electron chi connectivity index (χ4n) is 1.37. The first-order valence-electron chi connectivity index (χ1n) is 6.20. The van der Waals surface area contributed by atoms with Crippen LogP contribution >= 0.6 is 0 Å². The van der Waals surface area contributed by atoms with E-state index in [1.807, 2.05) is 13.8 Å². The van der Waals surface area contributed by atoms with Gasteiger partial charge in [-0.2, -0.15) is 0 Å². The van der Waals surface area contributed by atoms with E-state index in [4.69, 9.17) is 15.2 Å². The van der Waals surface area contributed by atoms with Crippen LogP contribution in [0, 0.1) is 5.92 Å². The number of rotatable bonds is 11. The van der Waals surface area contributed by atoms with Gasteiger partial charge in [-0.3, -0.25) is 4.79 Å². The summed E-state index contributed by atoms with van der Waals surface area (Å²) in [6, 6.07) is -0.436. The minimum absolute atomic E-state index is 0.0611. The van der Waals surface area contributed by atoms with Crippen molar-refractivity contribution in [2.24, 2.45) is 11.7 Å². The molecule has 0 aromatic heterocycles. The predicted octanol–water partition coefficient (Wildman–Crippen LogP) is -0.292. The highest BCUT2D eigenvalue weighted by Gasteiger charge is 2.12. The van der Waals surface area contributed by atoms with E-state index in [1.165, 1.54) is 0 Å². The molecule has 0 radical (unpaired) electrons. The monoisotopic (exact) mass is 260 g/mol. The van der Waals surface area contributed by atoms with E-state index in [-0.39, 0.29) is 12.5 Å². The molecule has 18 heavy (non-hydrogen) atoms. The van der Waals surface area contributed by atoms with E-state index >= 15 is 0 Å². The molecule has 0 aliphatic heterocycles. The molecule has 0 fully saturated rings. The van der Waals surface area contributed by atoms with Crippen molar-refractivity contribution >= 4 is 12.2 Å². The lowest BCUT2D eigenvalue weighted by Crippen LogP contribution is -2.39. The van der Waals surface area contributed by atoms with Crippen LogP contribution in [-0.4, -0.2) is 51.2 Å². The Labute approximate surface area is 108 Å². The van der Waals surface area contributed by atoms with E-state index in [0.29, 0.717) is 38.7 Å². The maximum absolute atomic E-state index is 11.4. The van der Waals surface area contributed by atoms with Gasteiger partial charge in [0.05, 0.1) is 25.9 Å². The summed E-state index contributed by atoms with van der Waals surface area (Å²) in [5, 5.41) is 2.61. The average Bonchev–Trinajstić information content (AvgIpc) is 2.32. The van der Waals surface area contributed by atoms with Crippen molar-refractivity contribution in [3.63, 3.8) is 0 Å². The minimum Gasteiger partial charge on any atom is -0.378 e. The van der Waals surface area contributed by atoms with Gasteiger partial charge in [-0.05, 0) is 12.3 Å². The highest BCUT2D eigenvalue weighted by atomic mass is 16.5. The molecule has 0 unspecified atom stereocenters. The number of aldehydes is 1. The molecule has 0 bridgehead atoms. The average molecular weight is 260 g/mol. The maximum atomic E-state index is 11.4. The highest BCUT2D eigenvalue weighted by molar-refractivity contribution is 5.80. The summed E-state index contributed by atoms with van der Waals surface area (Å²) >= 11 is 0. The second-order valence-electron chi connectivity index (χ2n) is 4.39. The Bertz CT molecular complexity index is 234. The van der Waals surface area contributed by atoms with Gasteiger partial charge in [0.15, 0.2) is 0 Å². The number of hydrogen-bond acceptors (Lipinski definition) is 5. The van der Waals surface area contributed by atoms with Gasteiger partial charge >= 0.3 is 0 Å². The third kappa shape index (κ3) is 10.2. The summed E-state index contributed by atoms with van der Waals surface area (Å²) in [6.45, 7) is 5.63. The summed E-state index contributed by atoms with van der Waals surface area (Å²) in [6.07, 6.45) is 1.39. The second kappa shape index (κ2) is 11.1. The topological polar surface area (TPSA) is 90.7 Å². The quantitative estimate of drug-likeness (QED) is 0.393. The van der Waals surface area contributed by atoms with E-state index in [1.54, 1.807) is 0 Å². The molecular formula is C12H24N2O4. The van der Waals surface area contributed by atoms with Crippen LogP contribution < -0.4 is 11.1 Å². The van der Waals surface area contributed by atoms with Crippen molar-refractivity contribution in [1.29, 1.82) is 0 Å². The molecule has 1 atom stereocenters. The number of ether oxygens (including phenoxy) is 2. The molecule has 3 N–H and O–H groups in total. The first kappa shape index (κ1) is 17.0. The summed E-state index contributed by atoms with van der Waals surface area (Å²) in [7, 11) is 0. The Hall–Kier alpha value is -0.980. The van der Waals surface area contributed by atoms with Crippen LogP contribution in [0.4, 0.5) is 0 Å². The van der Waals surface area contributed by atoms with Gasteiger partial charge in [-0.1, -0.05) is 13.8 Å². The van der Waals surface area contributed by atoms with Gasteiger partial charge in [0.1, 0.15) is 12.9 Å². The van der Waals surface area contributed by atoms with Crippen LogP contribution in [0.15, 0.2) is 0 Å². The van der Waals surface area contributed by atoms with Crippen molar-refractivity contribution in [3.8, 4) is 0 Å². The van der Waals surface area contributed by atoms with Gasteiger partial charge < -0.3 is 25.3 Å². The van der Waals surface area contributed by atoms with Gasteiger partial charge in [0, 0.05) is 6.54 Å². The molecule has 0 heterocycles. The van der Waals surface area contributed by atoms with Crippen LogP contribution in [0.5, 0.6) is 0 Å². The van der Waals surface area contributed by atoms with Gasteiger partial charge in [0.25, 0.3) is 0 Å². The lowest BCUT2D eigenvalue weighted by atomic mass is 10.1. The normalized spacial score (nSPS) is 12.4. The number of hydrogen-bond donors (Lipinski definition) is 2. The minimum atomic E-state index is -0.436. The molecule has 6 heteroatoms. The number of nitrogens with two attached hydrogens (primary N) is 1. The van der Waals surface area contributed by atoms with Gasteiger partial charge in [-0.25, -0.2) is 0 Å². The number of amides is 1. The Balaban J connectivity index is 3.59. The SMILES string of the molecule is CC(C)C[C@@H](C=O)NC(=O)COCCOCCN. The summed E-state index contributed by atoms with van der Waals surface area (Å²) in [5.41, 5.74) is 5.24. The van der Waals surface area contributed by atoms with Crippen LogP contribution in [-0.2, 0) is 19.1 Å². The predicted molar refractivity (Wildman–Crippen MR) is 68.1 cm³/mol. The molecule has 0 aromatic carbocycles. The van der Waals surface area contributed by atoms with Crippen molar-refractivity contribution in [2.45, 2.75) is 26.3 Å². The number of carbonyl (C=O) groups excluding carboxylic acids is 2. The van der Waals surface area contributed by atoms with Crippen LogP contribution in [0.3, 0.4) is 0 Å². The standard InChI is InChI=1S/C12H24N2O4/c1-10(2)7-11(8-15)14-12(16)9-18-6-5-17-4-3-13/h8,10-11H,3-7,9,13H2,1-2H3,(H,14,16)/t11-/m0/s1. The first-order valence-corrected chi connectivity index (χ1v) is 6.20. The van der Waals surface area contributed by atoms with Crippen molar-refractivity contribution in [3.05, 3.63) is 0 Å². The molecule has 106 valence electrons. The van der Waals surface area contributed by atoms with Crippen LogP contribution in [0.2, 0.25) is 0 Å². The Morgan fingerprint density at radius 1 is 1.28 bits per heavy atom. The van der Waals surface area contributed by atoms with E-state index in [9.17, 15) is 9.59 Å². The zero-order valence-corrected chi connectivity index (χ0v) is 11.2. The maximum Gasteiger partial charge on any atom is 0.246 e. The Kier molecular flexibility index (Phi) is 10.5. The third-order valence-electron chi connectivity index (χ3n) is 2.10. The number of carbonyl (C=O) groups is 2.